The van der Waals surface area contributed by atoms with Crippen molar-refractivity contribution >= 4 is 23.6 Å². The van der Waals surface area contributed by atoms with E-state index in [9.17, 15) is 0 Å². The molecule has 0 radical (unpaired) electrons. The fourth-order valence-electron chi connectivity index (χ4n) is 0.670. The van der Waals surface area contributed by atoms with Gasteiger partial charge >= 0.3 is 0 Å². The number of nitrogens with one attached hydrogen (secondary N) is 1. The molecular weight excluding hydrogens is 162 g/mol. The summed E-state index contributed by atoms with van der Waals surface area (Å²) in [4.78, 5) is 0. The van der Waals surface area contributed by atoms with Crippen LogP contribution in [0.4, 0.5) is 5.69 Å². The largest absolute Gasteiger partial charge is 0.388 e. The number of benzene rings is 1. The van der Waals surface area contributed by atoms with Crippen LogP contribution in [-0.4, -0.2) is 6.34 Å². The highest BCUT2D eigenvalue weighted by Gasteiger charge is 1.88. The number of hydrogen-bond donors (Lipinski definition) is 2. The van der Waals surface area contributed by atoms with E-state index in [1.165, 1.54) is 6.34 Å². The highest BCUT2D eigenvalue weighted by Crippen LogP contribution is 2.14. The molecule has 0 fully saturated rings. The highest BCUT2D eigenvalue weighted by molar-refractivity contribution is 6.30. The average Bonchev–Trinajstić information content (AvgIpc) is 2.01. The first-order chi connectivity index (χ1) is 5.33. The summed E-state index contributed by atoms with van der Waals surface area (Å²) in [5.41, 5.74) is 8.54. The molecule has 0 aliphatic rings. The minimum atomic E-state index is 0.669. The van der Waals surface area contributed by atoms with E-state index in [1.807, 2.05) is 12.1 Å². The molecule has 0 aromatic heterocycles. The van der Waals surface area contributed by atoms with Crippen LogP contribution in [-0.2, 0) is 0 Å². The Labute approximate surface area is 69.9 Å². The lowest BCUT2D eigenvalue weighted by molar-refractivity contribution is 1.34. The van der Waals surface area contributed by atoms with Crippen LogP contribution in [0.5, 0.6) is 0 Å². The third kappa shape index (κ3) is 2.47. The summed E-state index contributed by atoms with van der Waals surface area (Å²) < 4.78 is 0. The molecule has 0 bridgehead atoms. The van der Waals surface area contributed by atoms with E-state index in [0.29, 0.717) is 5.02 Å². The molecule has 1 aromatic rings. The molecule has 3 nitrogen and oxygen atoms in total. The SMILES string of the molecule is N/C=N/Nc1cccc(Cl)c1. The Morgan fingerprint density at radius 2 is 2.36 bits per heavy atom. The van der Waals surface area contributed by atoms with Gasteiger partial charge in [0.05, 0.1) is 5.69 Å². The zero-order valence-electron chi connectivity index (χ0n) is 5.79. The van der Waals surface area contributed by atoms with E-state index in [4.69, 9.17) is 17.3 Å². The number of halogens is 1. The fourth-order valence-corrected chi connectivity index (χ4v) is 0.860. The number of hydrazone groups is 1. The normalized spacial score (nSPS) is 10.3. The molecule has 0 saturated heterocycles. The maximum atomic E-state index is 5.70. The summed E-state index contributed by atoms with van der Waals surface area (Å²) in [6.07, 6.45) is 1.18. The molecule has 0 unspecified atom stereocenters. The fraction of sp³-hybridized carbons (Fsp3) is 0. The summed E-state index contributed by atoms with van der Waals surface area (Å²) in [7, 11) is 0. The second-order valence-electron chi connectivity index (χ2n) is 1.90. The molecule has 1 rings (SSSR count). The molecule has 0 aliphatic carbocycles. The van der Waals surface area contributed by atoms with Gasteiger partial charge in [0.15, 0.2) is 0 Å². The third-order valence-corrected chi connectivity index (χ3v) is 1.33. The molecule has 0 aliphatic heterocycles. The molecule has 4 heteroatoms. The van der Waals surface area contributed by atoms with Crippen LogP contribution in [0.3, 0.4) is 0 Å². The molecule has 0 atom stereocenters. The second kappa shape index (κ2) is 3.83. The Bertz CT molecular complexity index is 260. The van der Waals surface area contributed by atoms with Gasteiger partial charge in [-0.2, -0.15) is 5.10 Å². The maximum absolute atomic E-state index is 5.70. The molecule has 58 valence electrons. The number of anilines is 1. The Hall–Kier alpha value is -1.22. The van der Waals surface area contributed by atoms with Crippen LogP contribution in [0.1, 0.15) is 0 Å². The van der Waals surface area contributed by atoms with Crippen molar-refractivity contribution in [1.29, 1.82) is 0 Å². The molecule has 0 saturated carbocycles. The number of rotatable bonds is 2. The van der Waals surface area contributed by atoms with Gasteiger partial charge in [-0.15, -0.1) is 0 Å². The van der Waals surface area contributed by atoms with Crippen molar-refractivity contribution < 1.29 is 0 Å². The van der Waals surface area contributed by atoms with Gasteiger partial charge in [-0.25, -0.2) is 0 Å². The number of nitrogens with two attached hydrogens (primary N) is 1. The number of nitrogens with zero attached hydrogens (tertiary/aromatic N) is 1. The quantitative estimate of drug-likeness (QED) is 0.402. The van der Waals surface area contributed by atoms with Crippen LogP contribution < -0.4 is 11.2 Å². The minimum Gasteiger partial charge on any atom is -0.388 e. The molecule has 0 heterocycles. The van der Waals surface area contributed by atoms with Crippen molar-refractivity contribution in [3.63, 3.8) is 0 Å². The zero-order valence-corrected chi connectivity index (χ0v) is 6.55. The lowest BCUT2D eigenvalue weighted by Gasteiger charge is -1.97. The van der Waals surface area contributed by atoms with Crippen molar-refractivity contribution in [2.75, 3.05) is 5.43 Å². The van der Waals surface area contributed by atoms with Crippen LogP contribution in [0, 0.1) is 0 Å². The predicted molar refractivity (Wildman–Crippen MR) is 47.8 cm³/mol. The summed E-state index contributed by atoms with van der Waals surface area (Å²) in [6, 6.07) is 7.23. The summed E-state index contributed by atoms with van der Waals surface area (Å²) in [5, 5.41) is 4.30. The van der Waals surface area contributed by atoms with Gasteiger partial charge in [0.1, 0.15) is 6.34 Å². The summed E-state index contributed by atoms with van der Waals surface area (Å²) >= 11 is 5.70. The van der Waals surface area contributed by atoms with Crippen LogP contribution in [0.2, 0.25) is 5.02 Å². The zero-order chi connectivity index (χ0) is 8.10. The van der Waals surface area contributed by atoms with E-state index < -0.39 is 0 Å². The van der Waals surface area contributed by atoms with Crippen molar-refractivity contribution in [2.24, 2.45) is 10.8 Å². The van der Waals surface area contributed by atoms with Gasteiger partial charge in [-0.05, 0) is 18.2 Å². The van der Waals surface area contributed by atoms with E-state index in [0.717, 1.165) is 5.69 Å². The molecular formula is C7H8ClN3. The van der Waals surface area contributed by atoms with E-state index >= 15 is 0 Å². The second-order valence-corrected chi connectivity index (χ2v) is 2.34. The monoisotopic (exact) mass is 169 g/mol. The van der Waals surface area contributed by atoms with Gasteiger partial charge in [0.25, 0.3) is 0 Å². The average molecular weight is 170 g/mol. The Kier molecular flexibility index (Phi) is 2.74. The molecule has 0 amide bonds. The van der Waals surface area contributed by atoms with Gasteiger partial charge in [0, 0.05) is 5.02 Å². The van der Waals surface area contributed by atoms with Crippen LogP contribution in [0.25, 0.3) is 0 Å². The minimum absolute atomic E-state index is 0.669. The van der Waals surface area contributed by atoms with Crippen molar-refractivity contribution in [1.82, 2.24) is 0 Å². The van der Waals surface area contributed by atoms with Crippen molar-refractivity contribution in [3.8, 4) is 0 Å². The van der Waals surface area contributed by atoms with Gasteiger partial charge in [-0.1, -0.05) is 17.7 Å². The smallest absolute Gasteiger partial charge is 0.106 e. The standard InChI is InChI=1S/C7H8ClN3/c8-6-2-1-3-7(4-6)11-10-5-9/h1-5,11H,(H2,9,10). The molecule has 0 spiro atoms. The first kappa shape index (κ1) is 7.88. The highest BCUT2D eigenvalue weighted by atomic mass is 35.5. The predicted octanol–water partition coefficient (Wildman–Crippen LogP) is 1.65. The first-order valence-electron chi connectivity index (χ1n) is 3.08. The third-order valence-electron chi connectivity index (χ3n) is 1.09. The maximum Gasteiger partial charge on any atom is 0.106 e. The van der Waals surface area contributed by atoms with Gasteiger partial charge < -0.3 is 5.73 Å². The Morgan fingerprint density at radius 3 is 3.00 bits per heavy atom. The van der Waals surface area contributed by atoms with Crippen LogP contribution in [0.15, 0.2) is 29.4 Å². The number of hydrogen-bond acceptors (Lipinski definition) is 2. The van der Waals surface area contributed by atoms with Gasteiger partial charge in [0.2, 0.25) is 0 Å². The Balaban J connectivity index is 2.71. The van der Waals surface area contributed by atoms with Crippen molar-refractivity contribution in [3.05, 3.63) is 29.3 Å². The van der Waals surface area contributed by atoms with E-state index in [2.05, 4.69) is 10.5 Å². The summed E-state index contributed by atoms with van der Waals surface area (Å²) in [6.45, 7) is 0. The Morgan fingerprint density at radius 1 is 1.55 bits per heavy atom. The molecule has 11 heavy (non-hydrogen) atoms. The topological polar surface area (TPSA) is 50.4 Å². The van der Waals surface area contributed by atoms with Crippen LogP contribution >= 0.6 is 11.6 Å². The molecule has 3 N–H and O–H groups in total. The van der Waals surface area contributed by atoms with Gasteiger partial charge in [-0.3, -0.25) is 5.43 Å². The molecule has 1 aromatic carbocycles. The summed E-state index contributed by atoms with van der Waals surface area (Å²) in [5.74, 6) is 0. The van der Waals surface area contributed by atoms with Crippen molar-refractivity contribution in [2.45, 2.75) is 0 Å². The van der Waals surface area contributed by atoms with E-state index in [-0.39, 0.29) is 0 Å². The lowest BCUT2D eigenvalue weighted by Crippen LogP contribution is -1.94. The first-order valence-corrected chi connectivity index (χ1v) is 3.45. The van der Waals surface area contributed by atoms with E-state index in [1.54, 1.807) is 12.1 Å². The lowest BCUT2D eigenvalue weighted by atomic mass is 10.3.